The SMILES string of the molecule is C=CC(C)CC(C)CC(C)CS. The molecule has 0 aromatic carbocycles. The molecule has 0 rings (SSSR count). The quantitative estimate of drug-likeness (QED) is 0.473. The van der Waals surface area contributed by atoms with Crippen molar-refractivity contribution in [2.45, 2.75) is 33.6 Å². The summed E-state index contributed by atoms with van der Waals surface area (Å²) in [6.45, 7) is 10.6. The van der Waals surface area contributed by atoms with Gasteiger partial charge in [0.05, 0.1) is 0 Å². The van der Waals surface area contributed by atoms with E-state index in [1.165, 1.54) is 12.8 Å². The van der Waals surface area contributed by atoms with Gasteiger partial charge in [-0.1, -0.05) is 26.8 Å². The zero-order chi connectivity index (χ0) is 9.56. The maximum atomic E-state index is 4.28. The van der Waals surface area contributed by atoms with Crippen molar-refractivity contribution in [1.82, 2.24) is 0 Å². The summed E-state index contributed by atoms with van der Waals surface area (Å²) in [7, 11) is 0. The summed E-state index contributed by atoms with van der Waals surface area (Å²) in [5.41, 5.74) is 0. The van der Waals surface area contributed by atoms with Crippen LogP contribution in [0, 0.1) is 17.8 Å². The van der Waals surface area contributed by atoms with Crippen LogP contribution >= 0.6 is 12.6 Å². The van der Waals surface area contributed by atoms with E-state index in [9.17, 15) is 0 Å². The van der Waals surface area contributed by atoms with Gasteiger partial charge < -0.3 is 0 Å². The first-order valence-electron chi connectivity index (χ1n) is 4.83. The minimum atomic E-state index is 0.659. The van der Waals surface area contributed by atoms with Crippen molar-refractivity contribution in [2.75, 3.05) is 5.75 Å². The third-order valence-electron chi connectivity index (χ3n) is 2.29. The Morgan fingerprint density at radius 1 is 1.17 bits per heavy atom. The lowest BCUT2D eigenvalue weighted by atomic mass is 9.90. The monoisotopic (exact) mass is 186 g/mol. The summed E-state index contributed by atoms with van der Waals surface area (Å²) in [5.74, 6) is 3.22. The van der Waals surface area contributed by atoms with Crippen LogP contribution in [0.3, 0.4) is 0 Å². The standard InChI is InChI=1S/C11H22S/c1-5-9(2)6-10(3)7-11(4)8-12/h5,9-12H,1,6-8H2,2-4H3. The molecule has 0 aliphatic heterocycles. The van der Waals surface area contributed by atoms with E-state index in [2.05, 4.69) is 40.0 Å². The highest BCUT2D eigenvalue weighted by Crippen LogP contribution is 2.20. The first-order chi connectivity index (χ1) is 5.60. The van der Waals surface area contributed by atoms with Crippen molar-refractivity contribution in [1.29, 1.82) is 0 Å². The second-order valence-corrected chi connectivity index (χ2v) is 4.44. The van der Waals surface area contributed by atoms with E-state index in [4.69, 9.17) is 0 Å². The van der Waals surface area contributed by atoms with E-state index >= 15 is 0 Å². The molecule has 0 heterocycles. The number of thiol groups is 1. The van der Waals surface area contributed by atoms with Crippen molar-refractivity contribution >= 4 is 12.6 Å². The molecule has 0 aliphatic carbocycles. The highest BCUT2D eigenvalue weighted by molar-refractivity contribution is 7.80. The van der Waals surface area contributed by atoms with Gasteiger partial charge in [0.1, 0.15) is 0 Å². The van der Waals surface area contributed by atoms with E-state index < -0.39 is 0 Å². The van der Waals surface area contributed by atoms with Crippen molar-refractivity contribution in [3.8, 4) is 0 Å². The van der Waals surface area contributed by atoms with E-state index in [0.717, 1.165) is 17.6 Å². The maximum absolute atomic E-state index is 4.28. The van der Waals surface area contributed by atoms with Crippen LogP contribution in [0.1, 0.15) is 33.6 Å². The van der Waals surface area contributed by atoms with Crippen molar-refractivity contribution in [3.05, 3.63) is 12.7 Å². The summed E-state index contributed by atoms with van der Waals surface area (Å²) < 4.78 is 0. The van der Waals surface area contributed by atoms with Crippen LogP contribution in [0.25, 0.3) is 0 Å². The molecule has 0 amide bonds. The maximum Gasteiger partial charge on any atom is -0.00720 e. The average Bonchev–Trinajstić information content (AvgIpc) is 2.03. The fourth-order valence-electron chi connectivity index (χ4n) is 1.59. The van der Waals surface area contributed by atoms with Crippen LogP contribution in [0.4, 0.5) is 0 Å². The zero-order valence-electron chi connectivity index (χ0n) is 8.59. The molecule has 72 valence electrons. The third kappa shape index (κ3) is 5.70. The van der Waals surface area contributed by atoms with Crippen LogP contribution in [0.15, 0.2) is 12.7 Å². The van der Waals surface area contributed by atoms with Crippen molar-refractivity contribution < 1.29 is 0 Å². The first-order valence-corrected chi connectivity index (χ1v) is 5.46. The van der Waals surface area contributed by atoms with E-state index in [1.807, 2.05) is 6.08 Å². The minimum Gasteiger partial charge on any atom is -0.179 e. The predicted molar refractivity (Wildman–Crippen MR) is 60.8 cm³/mol. The Morgan fingerprint density at radius 3 is 2.17 bits per heavy atom. The number of hydrogen-bond donors (Lipinski definition) is 1. The molecule has 0 nitrogen and oxygen atoms in total. The van der Waals surface area contributed by atoms with Gasteiger partial charge in [0, 0.05) is 0 Å². The van der Waals surface area contributed by atoms with Crippen LogP contribution in [-0.4, -0.2) is 5.75 Å². The van der Waals surface area contributed by atoms with Gasteiger partial charge in [0.2, 0.25) is 0 Å². The van der Waals surface area contributed by atoms with Crippen LogP contribution in [0.5, 0.6) is 0 Å². The van der Waals surface area contributed by atoms with E-state index in [0.29, 0.717) is 5.92 Å². The van der Waals surface area contributed by atoms with E-state index in [1.54, 1.807) is 0 Å². The Labute approximate surface area is 82.9 Å². The molecule has 0 N–H and O–H groups in total. The minimum absolute atomic E-state index is 0.659. The molecule has 0 bridgehead atoms. The molecular formula is C11H22S. The third-order valence-corrected chi connectivity index (χ3v) is 2.92. The highest BCUT2D eigenvalue weighted by Gasteiger charge is 2.09. The lowest BCUT2D eigenvalue weighted by Crippen LogP contribution is -2.07. The second-order valence-electron chi connectivity index (χ2n) is 4.08. The number of rotatable bonds is 6. The van der Waals surface area contributed by atoms with Gasteiger partial charge in [-0.2, -0.15) is 12.6 Å². The lowest BCUT2D eigenvalue weighted by Gasteiger charge is -2.17. The van der Waals surface area contributed by atoms with Gasteiger partial charge in [-0.3, -0.25) is 0 Å². The Morgan fingerprint density at radius 2 is 1.75 bits per heavy atom. The molecule has 0 aromatic heterocycles. The highest BCUT2D eigenvalue weighted by atomic mass is 32.1. The molecule has 3 atom stereocenters. The Balaban J connectivity index is 3.57. The predicted octanol–water partition coefficient (Wildman–Crippen LogP) is 3.79. The zero-order valence-corrected chi connectivity index (χ0v) is 9.48. The average molecular weight is 186 g/mol. The fraction of sp³-hybridized carbons (Fsp3) is 0.818. The Kier molecular flexibility index (Phi) is 6.64. The van der Waals surface area contributed by atoms with Gasteiger partial charge in [-0.15, -0.1) is 6.58 Å². The van der Waals surface area contributed by atoms with E-state index in [-0.39, 0.29) is 0 Å². The summed E-state index contributed by atoms with van der Waals surface area (Å²) in [4.78, 5) is 0. The Hall–Kier alpha value is 0.0900. The first kappa shape index (κ1) is 12.1. The van der Waals surface area contributed by atoms with Gasteiger partial charge in [-0.05, 0) is 36.3 Å². The van der Waals surface area contributed by atoms with Gasteiger partial charge in [0.25, 0.3) is 0 Å². The molecule has 0 spiro atoms. The van der Waals surface area contributed by atoms with Gasteiger partial charge >= 0.3 is 0 Å². The molecule has 3 unspecified atom stereocenters. The smallest absolute Gasteiger partial charge is 0.00720 e. The number of hydrogen-bond acceptors (Lipinski definition) is 1. The molecule has 12 heavy (non-hydrogen) atoms. The summed E-state index contributed by atoms with van der Waals surface area (Å²) in [6.07, 6.45) is 4.60. The molecule has 0 saturated carbocycles. The van der Waals surface area contributed by atoms with Gasteiger partial charge in [-0.25, -0.2) is 0 Å². The number of allylic oxidation sites excluding steroid dienone is 1. The lowest BCUT2D eigenvalue weighted by molar-refractivity contribution is 0.386. The molecule has 0 saturated heterocycles. The topological polar surface area (TPSA) is 0 Å². The van der Waals surface area contributed by atoms with Crippen LogP contribution in [-0.2, 0) is 0 Å². The molecule has 0 aromatic rings. The van der Waals surface area contributed by atoms with Gasteiger partial charge in [0.15, 0.2) is 0 Å². The summed E-state index contributed by atoms with van der Waals surface area (Å²) in [6, 6.07) is 0. The molecule has 0 fully saturated rings. The summed E-state index contributed by atoms with van der Waals surface area (Å²) in [5, 5.41) is 0. The van der Waals surface area contributed by atoms with Crippen LogP contribution < -0.4 is 0 Å². The molecule has 0 aliphatic rings. The normalized spacial score (nSPS) is 18.3. The largest absolute Gasteiger partial charge is 0.179 e. The molecule has 1 heteroatoms. The van der Waals surface area contributed by atoms with Crippen molar-refractivity contribution in [2.24, 2.45) is 17.8 Å². The van der Waals surface area contributed by atoms with Crippen molar-refractivity contribution in [3.63, 3.8) is 0 Å². The Bertz CT molecular complexity index is 120. The van der Waals surface area contributed by atoms with Crippen LogP contribution in [0.2, 0.25) is 0 Å². The fourth-order valence-corrected chi connectivity index (χ4v) is 1.74. The molecule has 0 radical (unpaired) electrons. The molecular weight excluding hydrogens is 164 g/mol. The second kappa shape index (κ2) is 6.59. The summed E-state index contributed by atoms with van der Waals surface area (Å²) >= 11 is 4.28.